The van der Waals surface area contributed by atoms with Crippen LogP contribution < -0.4 is 5.32 Å². The molecule has 0 saturated heterocycles. The van der Waals surface area contributed by atoms with Gasteiger partial charge in [0.1, 0.15) is 0 Å². The monoisotopic (exact) mass is 355 g/mol. The second kappa shape index (κ2) is 5.79. The summed E-state index contributed by atoms with van der Waals surface area (Å²) < 4.78 is 0.765. The number of amides is 1. The van der Waals surface area contributed by atoms with Crippen molar-refractivity contribution in [2.24, 2.45) is 5.92 Å². The molecule has 1 aromatic rings. The van der Waals surface area contributed by atoms with Crippen molar-refractivity contribution in [3.63, 3.8) is 0 Å². The van der Waals surface area contributed by atoms with Crippen LogP contribution in [0, 0.1) is 5.92 Å². The first kappa shape index (κ1) is 14.6. The average Bonchev–Trinajstić information content (AvgIpc) is 3.22. The topological polar surface area (TPSA) is 95.1 Å². The molecule has 0 spiro atoms. The van der Waals surface area contributed by atoms with Crippen LogP contribution in [-0.4, -0.2) is 33.2 Å². The van der Waals surface area contributed by atoms with E-state index in [9.17, 15) is 9.59 Å². The van der Waals surface area contributed by atoms with E-state index < -0.39 is 5.97 Å². The van der Waals surface area contributed by atoms with Gasteiger partial charge in [-0.15, -0.1) is 0 Å². The fraction of sp³-hybridized carbons (Fsp3) is 0.643. The van der Waals surface area contributed by atoms with Crippen LogP contribution in [0.4, 0.5) is 0 Å². The molecule has 2 saturated carbocycles. The molecule has 114 valence electrons. The molecule has 0 radical (unpaired) electrons. The van der Waals surface area contributed by atoms with Gasteiger partial charge in [-0.3, -0.25) is 14.7 Å². The zero-order valence-corrected chi connectivity index (χ0v) is 13.1. The van der Waals surface area contributed by atoms with Crippen molar-refractivity contribution in [2.45, 2.75) is 50.5 Å². The van der Waals surface area contributed by atoms with Gasteiger partial charge in [-0.05, 0) is 54.5 Å². The van der Waals surface area contributed by atoms with Crippen molar-refractivity contribution < 1.29 is 14.7 Å². The van der Waals surface area contributed by atoms with Crippen LogP contribution in [0.25, 0.3) is 0 Å². The maximum Gasteiger partial charge on any atom is 0.306 e. The molecule has 21 heavy (non-hydrogen) atoms. The van der Waals surface area contributed by atoms with E-state index >= 15 is 0 Å². The molecule has 3 N–H and O–H groups in total. The van der Waals surface area contributed by atoms with E-state index in [0.29, 0.717) is 37.3 Å². The Hall–Kier alpha value is -1.37. The Balaban J connectivity index is 1.58. The summed E-state index contributed by atoms with van der Waals surface area (Å²) in [5.41, 5.74) is 1.41. The van der Waals surface area contributed by atoms with E-state index in [-0.39, 0.29) is 17.9 Å². The minimum atomic E-state index is -0.733. The van der Waals surface area contributed by atoms with Crippen LogP contribution in [-0.2, 0) is 4.79 Å². The smallest absolute Gasteiger partial charge is 0.306 e. The van der Waals surface area contributed by atoms with Crippen molar-refractivity contribution >= 4 is 27.8 Å². The number of hydrogen-bond donors (Lipinski definition) is 3. The summed E-state index contributed by atoms with van der Waals surface area (Å²) >= 11 is 3.45. The highest BCUT2D eigenvalue weighted by Crippen LogP contribution is 2.42. The largest absolute Gasteiger partial charge is 0.481 e. The lowest BCUT2D eigenvalue weighted by Gasteiger charge is -2.26. The number of halogens is 1. The summed E-state index contributed by atoms with van der Waals surface area (Å²) in [4.78, 5) is 23.2. The number of rotatable bonds is 4. The number of nitrogens with zero attached hydrogens (tertiary/aromatic N) is 1. The van der Waals surface area contributed by atoms with E-state index in [1.807, 2.05) is 0 Å². The molecule has 3 rings (SSSR count). The third-order valence-corrected chi connectivity index (χ3v) is 5.15. The molecule has 6 nitrogen and oxygen atoms in total. The molecule has 1 heterocycles. The van der Waals surface area contributed by atoms with Crippen molar-refractivity contribution in [3.8, 4) is 0 Å². The van der Waals surface area contributed by atoms with E-state index in [2.05, 4.69) is 31.4 Å². The van der Waals surface area contributed by atoms with Crippen LogP contribution in [0.15, 0.2) is 4.47 Å². The normalized spacial score (nSPS) is 25.6. The second-order valence-corrected chi connectivity index (χ2v) is 6.73. The minimum Gasteiger partial charge on any atom is -0.481 e. The number of carboxylic acid groups (broad SMARTS) is 1. The molecule has 0 bridgehead atoms. The van der Waals surface area contributed by atoms with Crippen molar-refractivity contribution in [1.29, 1.82) is 0 Å². The fourth-order valence-corrected chi connectivity index (χ4v) is 3.55. The van der Waals surface area contributed by atoms with Gasteiger partial charge in [-0.25, -0.2) is 0 Å². The number of aliphatic carboxylic acids is 1. The number of carboxylic acids is 1. The first-order valence-electron chi connectivity index (χ1n) is 7.33. The Morgan fingerprint density at radius 3 is 2.43 bits per heavy atom. The molecule has 7 heteroatoms. The summed E-state index contributed by atoms with van der Waals surface area (Å²) in [6.07, 6.45) is 4.94. The summed E-state index contributed by atoms with van der Waals surface area (Å²) in [5.74, 6) is -0.691. The second-order valence-electron chi connectivity index (χ2n) is 5.93. The Morgan fingerprint density at radius 2 is 1.86 bits per heavy atom. The molecular weight excluding hydrogens is 338 g/mol. The predicted octanol–water partition coefficient (Wildman–Crippen LogP) is 2.42. The van der Waals surface area contributed by atoms with Gasteiger partial charge in [-0.1, -0.05) is 0 Å². The Kier molecular flexibility index (Phi) is 4.01. The first-order chi connectivity index (χ1) is 10.1. The molecule has 2 fully saturated rings. The van der Waals surface area contributed by atoms with Crippen LogP contribution in [0.3, 0.4) is 0 Å². The van der Waals surface area contributed by atoms with Gasteiger partial charge in [0.15, 0.2) is 5.69 Å². The quantitative estimate of drug-likeness (QED) is 0.772. The van der Waals surface area contributed by atoms with Crippen LogP contribution >= 0.6 is 15.9 Å². The highest BCUT2D eigenvalue weighted by atomic mass is 79.9. The lowest BCUT2D eigenvalue weighted by atomic mass is 9.86. The van der Waals surface area contributed by atoms with E-state index in [0.717, 1.165) is 23.0 Å². The maximum atomic E-state index is 12.3. The summed E-state index contributed by atoms with van der Waals surface area (Å²) in [6.45, 7) is 0. The first-order valence-corrected chi connectivity index (χ1v) is 8.13. The number of carbonyl (C=O) groups is 2. The van der Waals surface area contributed by atoms with Gasteiger partial charge in [0.05, 0.1) is 16.1 Å². The lowest BCUT2D eigenvalue weighted by Crippen LogP contribution is -2.39. The molecule has 2 aliphatic carbocycles. The lowest BCUT2D eigenvalue weighted by molar-refractivity contribution is -0.142. The molecule has 0 atom stereocenters. The number of nitrogens with one attached hydrogen (secondary N) is 2. The Bertz CT molecular complexity index is 560. The van der Waals surface area contributed by atoms with Crippen molar-refractivity contribution in [1.82, 2.24) is 15.5 Å². The Labute approximate surface area is 130 Å². The standard InChI is InChI=1S/C14H18BrN3O3/c15-10-11(7-1-2-7)17-18-12(10)13(19)16-9-5-3-8(4-6-9)14(20)21/h7-9H,1-6H2,(H,16,19)(H,17,18)(H,20,21). The van der Waals surface area contributed by atoms with Crippen LogP contribution in [0.5, 0.6) is 0 Å². The van der Waals surface area contributed by atoms with Gasteiger partial charge < -0.3 is 10.4 Å². The zero-order chi connectivity index (χ0) is 15.0. The number of aromatic amines is 1. The predicted molar refractivity (Wildman–Crippen MR) is 79.1 cm³/mol. The molecule has 0 aliphatic heterocycles. The van der Waals surface area contributed by atoms with Gasteiger partial charge >= 0.3 is 5.97 Å². The van der Waals surface area contributed by atoms with Crippen molar-refractivity contribution in [2.75, 3.05) is 0 Å². The Morgan fingerprint density at radius 1 is 1.19 bits per heavy atom. The number of hydrogen-bond acceptors (Lipinski definition) is 3. The van der Waals surface area contributed by atoms with Gasteiger partial charge in [0.25, 0.3) is 5.91 Å². The van der Waals surface area contributed by atoms with Crippen molar-refractivity contribution in [3.05, 3.63) is 15.9 Å². The molecule has 0 unspecified atom stereocenters. The van der Waals surface area contributed by atoms with Gasteiger partial charge in [0.2, 0.25) is 0 Å². The van der Waals surface area contributed by atoms with E-state index in [4.69, 9.17) is 5.11 Å². The summed E-state index contributed by atoms with van der Waals surface area (Å²) in [7, 11) is 0. The molecule has 0 aromatic carbocycles. The van der Waals surface area contributed by atoms with Crippen LogP contribution in [0.1, 0.15) is 60.6 Å². The van der Waals surface area contributed by atoms with E-state index in [1.165, 1.54) is 0 Å². The summed E-state index contributed by atoms with van der Waals surface area (Å²) in [6, 6.07) is 0.0427. The third kappa shape index (κ3) is 3.12. The fourth-order valence-electron chi connectivity index (χ4n) is 2.87. The molecule has 1 aromatic heterocycles. The van der Waals surface area contributed by atoms with Gasteiger partial charge in [-0.2, -0.15) is 5.10 Å². The SMILES string of the molecule is O=C(NC1CCC(C(=O)O)CC1)c1n[nH]c(C2CC2)c1Br. The number of carbonyl (C=O) groups excluding carboxylic acids is 1. The minimum absolute atomic E-state index is 0.0427. The third-order valence-electron chi connectivity index (χ3n) is 4.34. The zero-order valence-electron chi connectivity index (χ0n) is 11.6. The van der Waals surface area contributed by atoms with Crippen LogP contribution in [0.2, 0.25) is 0 Å². The average molecular weight is 356 g/mol. The highest BCUT2D eigenvalue weighted by molar-refractivity contribution is 9.10. The molecule has 2 aliphatic rings. The molecular formula is C14H18BrN3O3. The van der Waals surface area contributed by atoms with E-state index in [1.54, 1.807) is 0 Å². The van der Waals surface area contributed by atoms with Gasteiger partial charge in [0, 0.05) is 12.0 Å². The maximum absolute atomic E-state index is 12.3. The number of H-pyrrole nitrogens is 1. The summed E-state index contributed by atoms with van der Waals surface area (Å²) in [5, 5.41) is 19.0. The molecule has 1 amide bonds. The number of aromatic nitrogens is 2. The highest BCUT2D eigenvalue weighted by Gasteiger charge is 2.32.